The zero-order valence-corrected chi connectivity index (χ0v) is 17.3. The molecule has 150 valence electrons. The van der Waals surface area contributed by atoms with E-state index < -0.39 is 0 Å². The van der Waals surface area contributed by atoms with Crippen LogP contribution in [0.1, 0.15) is 0 Å². The number of rotatable bonds is 6. The second-order valence-electron chi connectivity index (χ2n) is 7.02. The van der Waals surface area contributed by atoms with E-state index in [1.165, 1.54) is 0 Å². The predicted octanol–water partition coefficient (Wildman–Crippen LogP) is 3.44. The van der Waals surface area contributed by atoms with E-state index in [1.54, 1.807) is 17.4 Å². The molecule has 0 aliphatic carbocycles. The van der Waals surface area contributed by atoms with Gasteiger partial charge in [-0.3, -0.25) is 10.00 Å². The highest BCUT2D eigenvalue weighted by Crippen LogP contribution is 2.30. The van der Waals surface area contributed by atoms with Crippen LogP contribution in [0, 0.1) is 0 Å². The van der Waals surface area contributed by atoms with Gasteiger partial charge in [0.2, 0.25) is 0 Å². The number of aromatic nitrogens is 3. The summed E-state index contributed by atoms with van der Waals surface area (Å²) in [7, 11) is 2.17. The van der Waals surface area contributed by atoms with Gasteiger partial charge in [-0.25, -0.2) is 9.98 Å². The van der Waals surface area contributed by atoms with Crippen LogP contribution in [0.3, 0.4) is 0 Å². The molecule has 3 heterocycles. The normalized spacial score (nSPS) is 16.7. The van der Waals surface area contributed by atoms with Gasteiger partial charge in [-0.1, -0.05) is 30.1 Å². The Morgan fingerprint density at radius 2 is 2.17 bits per heavy atom. The molecular weight excluding hydrogens is 382 g/mol. The molecule has 2 aromatic heterocycles. The summed E-state index contributed by atoms with van der Waals surface area (Å²) in [5.41, 5.74) is 3.14. The van der Waals surface area contributed by atoms with E-state index in [0.717, 1.165) is 59.2 Å². The fraction of sp³-hybridized carbons (Fsp3) is 0.286. The average Bonchev–Trinajstić information content (AvgIpc) is 3.40. The lowest BCUT2D eigenvalue weighted by Gasteiger charge is -2.31. The van der Waals surface area contributed by atoms with E-state index in [2.05, 4.69) is 67.1 Å². The summed E-state index contributed by atoms with van der Waals surface area (Å²) in [5.74, 6) is 0.689. The van der Waals surface area contributed by atoms with Crippen molar-refractivity contribution < 1.29 is 0 Å². The van der Waals surface area contributed by atoms with Crippen molar-refractivity contribution in [2.75, 3.05) is 45.1 Å². The summed E-state index contributed by atoms with van der Waals surface area (Å²) in [6.07, 6.45) is 9.35. The number of H-pyrrole nitrogens is 1. The molecule has 1 aliphatic rings. The number of thiazole rings is 1. The monoisotopic (exact) mass is 407 g/mol. The van der Waals surface area contributed by atoms with Crippen molar-refractivity contribution in [2.24, 2.45) is 4.99 Å². The van der Waals surface area contributed by atoms with Gasteiger partial charge in [0, 0.05) is 50.7 Å². The second-order valence-corrected chi connectivity index (χ2v) is 8.05. The number of likely N-dealkylation sites (N-methyl/N-ethyl adjacent to an activating group) is 1. The number of anilines is 1. The van der Waals surface area contributed by atoms with Gasteiger partial charge in [0.1, 0.15) is 5.84 Å². The summed E-state index contributed by atoms with van der Waals surface area (Å²) in [4.78, 5) is 13.9. The van der Waals surface area contributed by atoms with E-state index in [4.69, 9.17) is 0 Å². The Balaban J connectivity index is 1.39. The number of nitrogens with one attached hydrogen (secondary N) is 2. The van der Waals surface area contributed by atoms with Crippen LogP contribution < -0.4 is 5.32 Å². The third kappa shape index (κ3) is 4.97. The first kappa shape index (κ1) is 19.5. The molecule has 1 saturated heterocycles. The van der Waals surface area contributed by atoms with Gasteiger partial charge in [0.25, 0.3) is 0 Å². The molecule has 1 aromatic carbocycles. The lowest BCUT2D eigenvalue weighted by Crippen LogP contribution is -2.44. The van der Waals surface area contributed by atoms with E-state index in [9.17, 15) is 0 Å². The highest BCUT2D eigenvalue weighted by atomic mass is 32.1. The largest absolute Gasteiger partial charge is 0.316 e. The standard InChI is InChI=1S/C21H25N7S/c1-3-20(22-7-4-8-28-11-9-27(2)10-12-28)26-21-25-18-6-5-16(13-19(18)29-21)17-14-23-24-15-17/h3-7,13-15H,1,8-12H2,2H3,(H,23,24)(H,22,25,26)/b7-4-. The van der Waals surface area contributed by atoms with E-state index in [0.29, 0.717) is 5.84 Å². The number of amidine groups is 1. The van der Waals surface area contributed by atoms with Crippen LogP contribution in [0.5, 0.6) is 0 Å². The summed E-state index contributed by atoms with van der Waals surface area (Å²) >= 11 is 1.60. The molecule has 0 amide bonds. The SMILES string of the molecule is C=C/C(=N\C=C/CN1CCN(C)CC1)Nc1nc2ccc(-c3cn[nH]c3)cc2s1. The maximum atomic E-state index is 4.65. The van der Waals surface area contributed by atoms with E-state index >= 15 is 0 Å². The zero-order valence-electron chi connectivity index (χ0n) is 16.5. The number of hydrogen-bond donors (Lipinski definition) is 2. The van der Waals surface area contributed by atoms with Crippen LogP contribution in [0.25, 0.3) is 21.3 Å². The summed E-state index contributed by atoms with van der Waals surface area (Å²) in [6, 6.07) is 6.21. The van der Waals surface area contributed by atoms with Crippen LogP contribution in [0.15, 0.2) is 60.5 Å². The van der Waals surface area contributed by atoms with Crippen molar-refractivity contribution in [3.63, 3.8) is 0 Å². The minimum absolute atomic E-state index is 0.689. The van der Waals surface area contributed by atoms with Gasteiger partial charge in [-0.2, -0.15) is 5.10 Å². The quantitative estimate of drug-likeness (QED) is 0.484. The van der Waals surface area contributed by atoms with Crippen LogP contribution in [0.4, 0.5) is 5.13 Å². The number of fused-ring (bicyclic) bond motifs is 1. The maximum Gasteiger partial charge on any atom is 0.189 e. The highest BCUT2D eigenvalue weighted by Gasteiger charge is 2.11. The van der Waals surface area contributed by atoms with Crippen LogP contribution in [-0.2, 0) is 0 Å². The predicted molar refractivity (Wildman–Crippen MR) is 122 cm³/mol. The molecular formula is C21H25N7S. The van der Waals surface area contributed by atoms with Crippen LogP contribution >= 0.6 is 11.3 Å². The van der Waals surface area contributed by atoms with Gasteiger partial charge < -0.3 is 10.2 Å². The second kappa shape index (κ2) is 9.13. The Morgan fingerprint density at radius 3 is 2.93 bits per heavy atom. The van der Waals surface area contributed by atoms with Gasteiger partial charge >= 0.3 is 0 Å². The van der Waals surface area contributed by atoms with Crippen molar-refractivity contribution in [3.8, 4) is 11.1 Å². The Kier molecular flexibility index (Phi) is 6.14. The molecule has 0 unspecified atom stereocenters. The number of hydrogen-bond acceptors (Lipinski definition) is 6. The molecule has 8 heteroatoms. The Bertz CT molecular complexity index is 1010. The number of piperazine rings is 1. The van der Waals surface area contributed by atoms with Crippen molar-refractivity contribution in [3.05, 3.63) is 55.5 Å². The van der Waals surface area contributed by atoms with Crippen molar-refractivity contribution in [2.45, 2.75) is 0 Å². The number of nitrogens with zero attached hydrogens (tertiary/aromatic N) is 5. The van der Waals surface area contributed by atoms with Crippen molar-refractivity contribution in [1.29, 1.82) is 0 Å². The molecule has 0 saturated carbocycles. The fourth-order valence-corrected chi connectivity index (χ4v) is 4.08. The lowest BCUT2D eigenvalue weighted by molar-refractivity contribution is 0.166. The first-order valence-corrected chi connectivity index (χ1v) is 10.5. The number of aliphatic imine (C=N–C) groups is 1. The van der Waals surface area contributed by atoms with Crippen LogP contribution in [-0.4, -0.2) is 70.6 Å². The smallest absolute Gasteiger partial charge is 0.189 e. The molecule has 0 atom stereocenters. The number of aromatic amines is 1. The van der Waals surface area contributed by atoms with E-state index in [1.807, 2.05) is 24.7 Å². The minimum atomic E-state index is 0.689. The summed E-state index contributed by atoms with van der Waals surface area (Å²) in [5, 5.41) is 10.9. The average molecular weight is 408 g/mol. The molecule has 29 heavy (non-hydrogen) atoms. The fourth-order valence-electron chi connectivity index (χ4n) is 3.17. The molecule has 3 aromatic rings. The van der Waals surface area contributed by atoms with Gasteiger partial charge in [-0.15, -0.1) is 0 Å². The van der Waals surface area contributed by atoms with Gasteiger partial charge in [-0.05, 0) is 30.8 Å². The maximum absolute atomic E-state index is 4.65. The Labute approximate surface area is 174 Å². The Hall–Kier alpha value is -2.81. The first-order valence-electron chi connectivity index (χ1n) is 9.64. The third-order valence-electron chi connectivity index (χ3n) is 4.93. The van der Waals surface area contributed by atoms with E-state index in [-0.39, 0.29) is 0 Å². The molecule has 0 radical (unpaired) electrons. The number of benzene rings is 1. The molecule has 1 aliphatic heterocycles. The molecule has 1 fully saturated rings. The summed E-state index contributed by atoms with van der Waals surface area (Å²) in [6.45, 7) is 9.22. The molecule has 4 rings (SSSR count). The first-order chi connectivity index (χ1) is 14.2. The highest BCUT2D eigenvalue weighted by molar-refractivity contribution is 7.22. The molecule has 2 N–H and O–H groups in total. The molecule has 0 bridgehead atoms. The van der Waals surface area contributed by atoms with Crippen molar-refractivity contribution >= 4 is 32.5 Å². The van der Waals surface area contributed by atoms with Gasteiger partial charge in [0.05, 0.1) is 16.4 Å². The lowest BCUT2D eigenvalue weighted by atomic mass is 10.1. The Morgan fingerprint density at radius 1 is 1.31 bits per heavy atom. The molecule has 0 spiro atoms. The summed E-state index contributed by atoms with van der Waals surface area (Å²) < 4.78 is 1.11. The van der Waals surface area contributed by atoms with Crippen molar-refractivity contribution in [1.82, 2.24) is 25.0 Å². The van der Waals surface area contributed by atoms with Gasteiger partial charge in [0.15, 0.2) is 5.13 Å². The van der Waals surface area contributed by atoms with Crippen LogP contribution in [0.2, 0.25) is 0 Å². The zero-order chi connectivity index (χ0) is 20.1. The third-order valence-corrected chi connectivity index (χ3v) is 5.86. The minimum Gasteiger partial charge on any atom is -0.316 e. The topological polar surface area (TPSA) is 72.4 Å². The molecule has 7 nitrogen and oxygen atoms in total.